The average Bonchev–Trinajstić information content (AvgIpc) is 2.40. The van der Waals surface area contributed by atoms with Crippen LogP contribution in [0.3, 0.4) is 0 Å². The Hall–Kier alpha value is -2.04. The fraction of sp³-hybridized carbons (Fsp3) is 0.467. The number of urea groups is 1. The molecule has 1 aromatic rings. The highest BCUT2D eigenvalue weighted by Gasteiger charge is 2.10. The normalized spacial score (nSPS) is 11.6. The van der Waals surface area contributed by atoms with Crippen molar-refractivity contribution in [2.45, 2.75) is 39.2 Å². The standard InChI is InChI=1S/C15H23N3O2/c1-4-7-11(2)17-15(20)18-13-9-6-5-8-12(13)10-14(19)16-3/h5-6,8-9,11H,4,7,10H2,1-3H3,(H,16,19)(H2,17,18,20)/t11-/m0/s1. The third-order valence-electron chi connectivity index (χ3n) is 2.99. The van der Waals surface area contributed by atoms with Crippen molar-refractivity contribution in [3.05, 3.63) is 29.8 Å². The molecule has 0 aliphatic carbocycles. The van der Waals surface area contributed by atoms with E-state index in [-0.39, 0.29) is 24.4 Å². The maximum absolute atomic E-state index is 11.9. The van der Waals surface area contributed by atoms with Gasteiger partial charge in [0.15, 0.2) is 0 Å². The lowest BCUT2D eigenvalue weighted by Gasteiger charge is -2.15. The van der Waals surface area contributed by atoms with Crippen LogP contribution in [-0.2, 0) is 11.2 Å². The van der Waals surface area contributed by atoms with Gasteiger partial charge < -0.3 is 16.0 Å². The summed E-state index contributed by atoms with van der Waals surface area (Å²) in [5.74, 6) is -0.0843. The number of carbonyl (C=O) groups is 2. The first-order valence-corrected chi connectivity index (χ1v) is 6.92. The summed E-state index contributed by atoms with van der Waals surface area (Å²) in [6, 6.07) is 7.20. The second kappa shape index (κ2) is 8.19. The van der Waals surface area contributed by atoms with Crippen LogP contribution in [0.1, 0.15) is 32.3 Å². The minimum absolute atomic E-state index is 0.0843. The van der Waals surface area contributed by atoms with Gasteiger partial charge in [-0.15, -0.1) is 0 Å². The number of para-hydroxylation sites is 1. The molecule has 0 unspecified atom stereocenters. The van der Waals surface area contributed by atoms with E-state index in [1.807, 2.05) is 25.1 Å². The Bertz CT molecular complexity index is 460. The SMILES string of the molecule is CCC[C@H](C)NC(=O)Nc1ccccc1CC(=O)NC. The number of nitrogens with one attached hydrogen (secondary N) is 3. The molecule has 0 saturated carbocycles. The van der Waals surface area contributed by atoms with Gasteiger partial charge in [-0.3, -0.25) is 4.79 Å². The lowest BCUT2D eigenvalue weighted by molar-refractivity contribution is -0.119. The Morgan fingerprint density at radius 3 is 2.60 bits per heavy atom. The molecule has 5 heteroatoms. The molecule has 0 heterocycles. The molecular formula is C15H23N3O2. The van der Waals surface area contributed by atoms with E-state index in [2.05, 4.69) is 22.9 Å². The van der Waals surface area contributed by atoms with E-state index < -0.39 is 0 Å². The molecule has 3 N–H and O–H groups in total. The smallest absolute Gasteiger partial charge is 0.319 e. The number of hydrogen-bond acceptors (Lipinski definition) is 2. The van der Waals surface area contributed by atoms with Crippen LogP contribution >= 0.6 is 0 Å². The number of carbonyl (C=O) groups excluding carboxylic acids is 2. The molecule has 0 aliphatic rings. The van der Waals surface area contributed by atoms with Crippen molar-refractivity contribution in [2.24, 2.45) is 0 Å². The summed E-state index contributed by atoms with van der Waals surface area (Å²) in [7, 11) is 1.59. The van der Waals surface area contributed by atoms with Crippen LogP contribution in [0, 0.1) is 0 Å². The molecule has 1 rings (SSSR count). The minimum Gasteiger partial charge on any atom is -0.359 e. The van der Waals surface area contributed by atoms with E-state index in [1.165, 1.54) is 0 Å². The molecule has 20 heavy (non-hydrogen) atoms. The second-order valence-electron chi connectivity index (χ2n) is 4.80. The molecule has 3 amide bonds. The lowest BCUT2D eigenvalue weighted by Crippen LogP contribution is -2.36. The van der Waals surface area contributed by atoms with E-state index in [4.69, 9.17) is 0 Å². The van der Waals surface area contributed by atoms with Crippen molar-refractivity contribution in [1.82, 2.24) is 10.6 Å². The Balaban J connectivity index is 2.67. The van der Waals surface area contributed by atoms with E-state index in [0.29, 0.717) is 5.69 Å². The molecule has 0 spiro atoms. The first-order chi connectivity index (χ1) is 9.56. The Labute approximate surface area is 120 Å². The van der Waals surface area contributed by atoms with Crippen LogP contribution in [0.5, 0.6) is 0 Å². The van der Waals surface area contributed by atoms with Gasteiger partial charge in [0.25, 0.3) is 0 Å². The maximum atomic E-state index is 11.9. The topological polar surface area (TPSA) is 70.2 Å². The van der Waals surface area contributed by atoms with Crippen LogP contribution in [-0.4, -0.2) is 25.0 Å². The van der Waals surface area contributed by atoms with Crippen LogP contribution in [0.2, 0.25) is 0 Å². The number of likely N-dealkylation sites (N-methyl/N-ethyl adjacent to an activating group) is 1. The molecule has 0 bridgehead atoms. The summed E-state index contributed by atoms with van der Waals surface area (Å²) in [5, 5.41) is 8.25. The number of amides is 3. The monoisotopic (exact) mass is 277 g/mol. The summed E-state index contributed by atoms with van der Waals surface area (Å²) >= 11 is 0. The Morgan fingerprint density at radius 1 is 1.25 bits per heavy atom. The predicted molar refractivity (Wildman–Crippen MR) is 80.7 cm³/mol. The molecule has 0 aromatic heterocycles. The van der Waals surface area contributed by atoms with Crippen molar-refractivity contribution in [1.29, 1.82) is 0 Å². The van der Waals surface area contributed by atoms with E-state index in [0.717, 1.165) is 18.4 Å². The number of benzene rings is 1. The molecule has 110 valence electrons. The minimum atomic E-state index is -0.240. The highest BCUT2D eigenvalue weighted by atomic mass is 16.2. The van der Waals surface area contributed by atoms with Crippen molar-refractivity contribution < 1.29 is 9.59 Å². The number of anilines is 1. The highest BCUT2D eigenvalue weighted by molar-refractivity contribution is 5.91. The fourth-order valence-electron chi connectivity index (χ4n) is 1.95. The van der Waals surface area contributed by atoms with Crippen LogP contribution < -0.4 is 16.0 Å². The van der Waals surface area contributed by atoms with Crippen molar-refractivity contribution in [2.75, 3.05) is 12.4 Å². The summed E-state index contributed by atoms with van der Waals surface area (Å²) in [6.07, 6.45) is 2.21. The second-order valence-corrected chi connectivity index (χ2v) is 4.80. The third-order valence-corrected chi connectivity index (χ3v) is 2.99. The molecule has 1 aromatic carbocycles. The molecule has 0 aliphatic heterocycles. The molecule has 5 nitrogen and oxygen atoms in total. The Morgan fingerprint density at radius 2 is 1.95 bits per heavy atom. The largest absolute Gasteiger partial charge is 0.359 e. The van der Waals surface area contributed by atoms with Gasteiger partial charge in [-0.1, -0.05) is 31.5 Å². The van der Waals surface area contributed by atoms with Gasteiger partial charge in [0, 0.05) is 18.8 Å². The van der Waals surface area contributed by atoms with E-state index in [1.54, 1.807) is 13.1 Å². The van der Waals surface area contributed by atoms with Gasteiger partial charge in [-0.25, -0.2) is 4.79 Å². The van der Waals surface area contributed by atoms with Gasteiger partial charge in [-0.05, 0) is 25.0 Å². The van der Waals surface area contributed by atoms with Crippen molar-refractivity contribution in [3.8, 4) is 0 Å². The molecule has 1 atom stereocenters. The summed E-state index contributed by atoms with van der Waals surface area (Å²) < 4.78 is 0. The first-order valence-electron chi connectivity index (χ1n) is 6.92. The van der Waals surface area contributed by atoms with Crippen LogP contribution in [0.15, 0.2) is 24.3 Å². The zero-order chi connectivity index (χ0) is 15.0. The van der Waals surface area contributed by atoms with Gasteiger partial charge >= 0.3 is 6.03 Å². The van der Waals surface area contributed by atoms with E-state index in [9.17, 15) is 9.59 Å². The summed E-state index contributed by atoms with van der Waals surface area (Å²) in [4.78, 5) is 23.3. The Kier molecular flexibility index (Phi) is 6.56. The number of rotatable bonds is 6. The molecular weight excluding hydrogens is 254 g/mol. The molecule has 0 radical (unpaired) electrons. The van der Waals surface area contributed by atoms with Crippen LogP contribution in [0.25, 0.3) is 0 Å². The van der Waals surface area contributed by atoms with Gasteiger partial charge in [0.05, 0.1) is 6.42 Å². The fourth-order valence-corrected chi connectivity index (χ4v) is 1.95. The van der Waals surface area contributed by atoms with Gasteiger partial charge in [-0.2, -0.15) is 0 Å². The van der Waals surface area contributed by atoms with Gasteiger partial charge in [0.2, 0.25) is 5.91 Å². The van der Waals surface area contributed by atoms with Crippen molar-refractivity contribution >= 4 is 17.6 Å². The zero-order valence-electron chi connectivity index (χ0n) is 12.3. The quantitative estimate of drug-likeness (QED) is 0.746. The van der Waals surface area contributed by atoms with Crippen LogP contribution in [0.4, 0.5) is 10.5 Å². The van der Waals surface area contributed by atoms with Gasteiger partial charge in [0.1, 0.15) is 0 Å². The molecule has 0 saturated heterocycles. The highest BCUT2D eigenvalue weighted by Crippen LogP contribution is 2.15. The van der Waals surface area contributed by atoms with Crippen molar-refractivity contribution in [3.63, 3.8) is 0 Å². The average molecular weight is 277 g/mol. The maximum Gasteiger partial charge on any atom is 0.319 e. The lowest BCUT2D eigenvalue weighted by atomic mass is 10.1. The first kappa shape index (κ1) is 16.0. The molecule has 0 fully saturated rings. The van der Waals surface area contributed by atoms with E-state index >= 15 is 0 Å². The summed E-state index contributed by atoms with van der Waals surface area (Å²) in [6.45, 7) is 4.05. The third kappa shape index (κ3) is 5.30. The zero-order valence-corrected chi connectivity index (χ0v) is 12.3. The predicted octanol–water partition coefficient (Wildman–Crippen LogP) is 2.29. The number of hydrogen-bond donors (Lipinski definition) is 3. The summed E-state index contributed by atoms with van der Waals surface area (Å²) in [5.41, 5.74) is 1.46.